The van der Waals surface area contributed by atoms with Crippen LogP contribution >= 0.6 is 0 Å². The summed E-state index contributed by atoms with van der Waals surface area (Å²) in [5.41, 5.74) is 3.41. The molecule has 0 saturated carbocycles. The topological polar surface area (TPSA) is 50.1 Å². The molecule has 0 aromatic heterocycles. The van der Waals surface area contributed by atoms with Gasteiger partial charge in [0.25, 0.3) is 0 Å². The van der Waals surface area contributed by atoms with Crippen molar-refractivity contribution >= 4 is 5.78 Å². The van der Waals surface area contributed by atoms with Crippen molar-refractivity contribution in [1.29, 1.82) is 5.26 Å². The highest BCUT2D eigenvalue weighted by atomic mass is 16.5. The molecule has 0 saturated heterocycles. The highest BCUT2D eigenvalue weighted by Crippen LogP contribution is 2.16. The number of rotatable bonds is 4. The van der Waals surface area contributed by atoms with Crippen LogP contribution < -0.4 is 4.74 Å². The molecule has 0 fully saturated rings. The molecule has 0 unspecified atom stereocenters. The number of carbonyl (C=O) groups excluding carboxylic acids is 1. The van der Waals surface area contributed by atoms with E-state index in [0.717, 1.165) is 5.56 Å². The maximum absolute atomic E-state index is 12.0. The smallest absolute Gasteiger partial charge is 0.200 e. The molecule has 0 radical (unpaired) electrons. The molecular weight excluding hydrogens is 250 g/mol. The van der Waals surface area contributed by atoms with Gasteiger partial charge in [0.05, 0.1) is 11.6 Å². The average Bonchev–Trinajstić information content (AvgIpc) is 2.48. The standard InChI is InChI=1S/C17H15NO2/c1-12-3-8-16(9-13(12)2)20-11-17(19)15-6-4-14(10-18)5-7-15/h3-9H,11H2,1-2H3. The molecule has 2 rings (SSSR count). The van der Waals surface area contributed by atoms with E-state index in [0.29, 0.717) is 16.9 Å². The number of hydrogen-bond donors (Lipinski definition) is 0. The van der Waals surface area contributed by atoms with E-state index in [1.807, 2.05) is 38.1 Å². The van der Waals surface area contributed by atoms with Crippen molar-refractivity contribution < 1.29 is 9.53 Å². The van der Waals surface area contributed by atoms with Gasteiger partial charge in [-0.05, 0) is 61.4 Å². The Morgan fingerprint density at radius 3 is 2.40 bits per heavy atom. The number of carbonyl (C=O) groups is 1. The molecule has 2 aromatic carbocycles. The zero-order valence-corrected chi connectivity index (χ0v) is 11.5. The Hall–Kier alpha value is -2.60. The van der Waals surface area contributed by atoms with Crippen LogP contribution in [0.5, 0.6) is 5.75 Å². The number of ketones is 1. The Morgan fingerprint density at radius 1 is 1.10 bits per heavy atom. The lowest BCUT2D eigenvalue weighted by Gasteiger charge is -2.07. The molecule has 0 bridgehead atoms. The van der Waals surface area contributed by atoms with Gasteiger partial charge in [-0.1, -0.05) is 6.07 Å². The van der Waals surface area contributed by atoms with Gasteiger partial charge < -0.3 is 4.74 Å². The molecular formula is C17H15NO2. The summed E-state index contributed by atoms with van der Waals surface area (Å²) >= 11 is 0. The molecule has 3 heteroatoms. The second-order valence-electron chi connectivity index (χ2n) is 4.65. The van der Waals surface area contributed by atoms with Crippen molar-refractivity contribution in [2.45, 2.75) is 13.8 Å². The zero-order chi connectivity index (χ0) is 14.5. The van der Waals surface area contributed by atoms with Gasteiger partial charge in [0.15, 0.2) is 12.4 Å². The number of nitrogens with zero attached hydrogens (tertiary/aromatic N) is 1. The van der Waals surface area contributed by atoms with Crippen LogP contribution in [0.3, 0.4) is 0 Å². The minimum absolute atomic E-state index is 0.00555. The Kier molecular flexibility index (Phi) is 4.17. The number of ether oxygens (including phenoxy) is 1. The maximum Gasteiger partial charge on any atom is 0.200 e. The van der Waals surface area contributed by atoms with Crippen LogP contribution in [0.4, 0.5) is 0 Å². The van der Waals surface area contributed by atoms with Crippen molar-refractivity contribution in [2.75, 3.05) is 6.61 Å². The lowest BCUT2D eigenvalue weighted by Crippen LogP contribution is -2.11. The van der Waals surface area contributed by atoms with Crippen LogP contribution in [0, 0.1) is 25.2 Å². The molecule has 3 nitrogen and oxygen atoms in total. The minimum Gasteiger partial charge on any atom is -0.485 e. The van der Waals surface area contributed by atoms with E-state index in [1.54, 1.807) is 24.3 Å². The monoisotopic (exact) mass is 265 g/mol. The molecule has 0 heterocycles. The Morgan fingerprint density at radius 2 is 1.80 bits per heavy atom. The highest BCUT2D eigenvalue weighted by molar-refractivity contribution is 5.97. The predicted molar refractivity (Wildman–Crippen MR) is 76.9 cm³/mol. The van der Waals surface area contributed by atoms with Gasteiger partial charge in [-0.15, -0.1) is 0 Å². The van der Waals surface area contributed by atoms with E-state index < -0.39 is 0 Å². The third-order valence-electron chi connectivity index (χ3n) is 3.18. The van der Waals surface area contributed by atoms with Gasteiger partial charge in [0.2, 0.25) is 0 Å². The molecule has 0 amide bonds. The quantitative estimate of drug-likeness (QED) is 0.796. The van der Waals surface area contributed by atoms with E-state index in [-0.39, 0.29) is 12.4 Å². The van der Waals surface area contributed by atoms with Crippen LogP contribution in [0.15, 0.2) is 42.5 Å². The summed E-state index contributed by atoms with van der Waals surface area (Å²) in [4.78, 5) is 12.0. The summed E-state index contributed by atoms with van der Waals surface area (Å²) in [6, 6.07) is 14.3. The minimum atomic E-state index is -0.104. The van der Waals surface area contributed by atoms with Gasteiger partial charge >= 0.3 is 0 Å². The first kappa shape index (κ1) is 13.8. The fourth-order valence-electron chi connectivity index (χ4n) is 1.77. The van der Waals surface area contributed by atoms with Crippen molar-refractivity contribution in [2.24, 2.45) is 0 Å². The largest absolute Gasteiger partial charge is 0.485 e. The first-order valence-corrected chi connectivity index (χ1v) is 6.33. The Bertz CT molecular complexity index is 666. The Labute approximate surface area is 118 Å². The van der Waals surface area contributed by atoms with Crippen LogP contribution in [0.1, 0.15) is 27.0 Å². The molecule has 0 spiro atoms. The molecule has 2 aromatic rings. The van der Waals surface area contributed by atoms with E-state index in [2.05, 4.69) is 0 Å². The van der Waals surface area contributed by atoms with Crippen molar-refractivity contribution in [3.8, 4) is 11.8 Å². The maximum atomic E-state index is 12.0. The van der Waals surface area contributed by atoms with Crippen LogP contribution in [0.25, 0.3) is 0 Å². The second kappa shape index (κ2) is 6.03. The SMILES string of the molecule is Cc1ccc(OCC(=O)c2ccc(C#N)cc2)cc1C. The number of Topliss-reactive ketones (excluding diaryl/α,β-unsaturated/α-hetero) is 1. The molecule has 0 atom stereocenters. The van der Waals surface area contributed by atoms with E-state index in [4.69, 9.17) is 10.00 Å². The van der Waals surface area contributed by atoms with Crippen molar-refractivity contribution in [3.63, 3.8) is 0 Å². The lowest BCUT2D eigenvalue weighted by atomic mass is 10.1. The zero-order valence-electron chi connectivity index (χ0n) is 11.5. The van der Waals surface area contributed by atoms with Crippen molar-refractivity contribution in [1.82, 2.24) is 0 Å². The van der Waals surface area contributed by atoms with Crippen LogP contribution in [0.2, 0.25) is 0 Å². The van der Waals surface area contributed by atoms with E-state index in [9.17, 15) is 4.79 Å². The van der Waals surface area contributed by atoms with E-state index >= 15 is 0 Å². The summed E-state index contributed by atoms with van der Waals surface area (Å²) in [6.07, 6.45) is 0. The van der Waals surface area contributed by atoms with Gasteiger partial charge in [-0.2, -0.15) is 5.26 Å². The molecule has 0 aliphatic heterocycles. The summed E-state index contributed by atoms with van der Waals surface area (Å²) in [7, 11) is 0. The molecule has 0 aliphatic rings. The number of benzene rings is 2. The first-order valence-electron chi connectivity index (χ1n) is 6.33. The number of hydrogen-bond acceptors (Lipinski definition) is 3. The first-order chi connectivity index (χ1) is 9.60. The Balaban J connectivity index is 2.01. The third kappa shape index (κ3) is 3.24. The van der Waals surface area contributed by atoms with Crippen molar-refractivity contribution in [3.05, 3.63) is 64.7 Å². The molecule has 0 aliphatic carbocycles. The van der Waals surface area contributed by atoms with Gasteiger partial charge in [-0.25, -0.2) is 0 Å². The second-order valence-corrected chi connectivity index (χ2v) is 4.65. The molecule has 0 N–H and O–H groups in total. The fourth-order valence-corrected chi connectivity index (χ4v) is 1.77. The highest BCUT2D eigenvalue weighted by Gasteiger charge is 2.07. The predicted octanol–water partition coefficient (Wildman–Crippen LogP) is 3.44. The van der Waals surface area contributed by atoms with Crippen LogP contribution in [-0.2, 0) is 0 Å². The lowest BCUT2D eigenvalue weighted by molar-refractivity contribution is 0.0921. The summed E-state index contributed by atoms with van der Waals surface area (Å²) in [5.74, 6) is 0.586. The number of aryl methyl sites for hydroxylation is 2. The van der Waals surface area contributed by atoms with Gasteiger partial charge in [0.1, 0.15) is 5.75 Å². The van der Waals surface area contributed by atoms with Crippen LogP contribution in [-0.4, -0.2) is 12.4 Å². The summed E-state index contributed by atoms with van der Waals surface area (Å²) in [6.45, 7) is 4.03. The summed E-state index contributed by atoms with van der Waals surface area (Å²) in [5, 5.41) is 8.71. The normalized spacial score (nSPS) is 9.85. The fraction of sp³-hybridized carbons (Fsp3) is 0.176. The van der Waals surface area contributed by atoms with E-state index in [1.165, 1.54) is 5.56 Å². The van der Waals surface area contributed by atoms with Gasteiger partial charge in [0, 0.05) is 5.56 Å². The molecule has 100 valence electrons. The summed E-state index contributed by atoms with van der Waals surface area (Å²) < 4.78 is 5.50. The molecule has 20 heavy (non-hydrogen) atoms. The van der Waals surface area contributed by atoms with Gasteiger partial charge in [-0.3, -0.25) is 4.79 Å². The number of nitriles is 1. The average molecular weight is 265 g/mol. The third-order valence-corrected chi connectivity index (χ3v) is 3.18.